The number of fused-ring (bicyclic) bond motifs is 1. The van der Waals surface area contributed by atoms with Gasteiger partial charge in [-0.25, -0.2) is 12.8 Å². The van der Waals surface area contributed by atoms with Crippen molar-refractivity contribution in [1.82, 2.24) is 4.90 Å². The third-order valence-electron chi connectivity index (χ3n) is 6.21. The summed E-state index contributed by atoms with van der Waals surface area (Å²) in [5.41, 5.74) is 2.26. The fourth-order valence-electron chi connectivity index (χ4n) is 4.11. The Bertz CT molecular complexity index is 1430. The fraction of sp³-hybridized carbons (Fsp3) is 0.296. The molecule has 1 atom stereocenters. The second-order valence-corrected chi connectivity index (χ2v) is 10.5. The van der Waals surface area contributed by atoms with Crippen LogP contribution in [0.25, 0.3) is 0 Å². The van der Waals surface area contributed by atoms with E-state index in [1.165, 1.54) is 12.1 Å². The molecule has 0 aliphatic carbocycles. The molecular formula is C27H29FN2O6S. The molecule has 0 radical (unpaired) electrons. The van der Waals surface area contributed by atoms with E-state index in [9.17, 15) is 17.6 Å². The molecule has 37 heavy (non-hydrogen) atoms. The number of carbonyl (C=O) groups is 1. The minimum atomic E-state index is -4.02. The van der Waals surface area contributed by atoms with Crippen molar-refractivity contribution in [2.45, 2.75) is 37.8 Å². The maximum Gasteiger partial charge on any atom is 0.263 e. The molecule has 1 heterocycles. The van der Waals surface area contributed by atoms with Gasteiger partial charge in [-0.05, 0) is 73.9 Å². The third-order valence-corrected chi connectivity index (χ3v) is 7.59. The number of hydrogen-bond donors (Lipinski definition) is 1. The van der Waals surface area contributed by atoms with Gasteiger partial charge in [0, 0.05) is 24.3 Å². The van der Waals surface area contributed by atoms with Crippen molar-refractivity contribution in [3.05, 3.63) is 77.1 Å². The summed E-state index contributed by atoms with van der Waals surface area (Å²) in [6.45, 7) is 3.90. The molecule has 0 saturated carbocycles. The van der Waals surface area contributed by atoms with Gasteiger partial charge in [0.2, 0.25) is 0 Å². The summed E-state index contributed by atoms with van der Waals surface area (Å²) in [7, 11) is -0.880. The van der Waals surface area contributed by atoms with Gasteiger partial charge in [-0.15, -0.1) is 0 Å². The molecule has 1 amide bonds. The first-order chi connectivity index (χ1) is 17.6. The highest BCUT2D eigenvalue weighted by Gasteiger charge is 2.28. The van der Waals surface area contributed by atoms with Gasteiger partial charge in [0.05, 0.1) is 19.1 Å². The molecule has 0 bridgehead atoms. The zero-order valence-electron chi connectivity index (χ0n) is 21.1. The Kier molecular flexibility index (Phi) is 7.58. The number of sulfonamides is 1. The van der Waals surface area contributed by atoms with Crippen molar-refractivity contribution < 1.29 is 31.8 Å². The van der Waals surface area contributed by atoms with Crippen LogP contribution in [-0.2, 0) is 27.8 Å². The Morgan fingerprint density at radius 1 is 1.05 bits per heavy atom. The molecule has 196 valence electrons. The van der Waals surface area contributed by atoms with Crippen molar-refractivity contribution >= 4 is 21.6 Å². The Hall–Kier alpha value is -3.79. The van der Waals surface area contributed by atoms with E-state index in [4.69, 9.17) is 14.2 Å². The highest BCUT2D eigenvalue weighted by molar-refractivity contribution is 7.92. The Morgan fingerprint density at radius 2 is 1.81 bits per heavy atom. The summed E-state index contributed by atoms with van der Waals surface area (Å²) in [6, 6.07) is 14.2. The lowest BCUT2D eigenvalue weighted by atomic mass is 10.1. The molecule has 1 unspecified atom stereocenters. The van der Waals surface area contributed by atoms with Gasteiger partial charge in [-0.1, -0.05) is 12.1 Å². The molecular weight excluding hydrogens is 499 g/mol. The molecule has 0 aromatic heterocycles. The molecule has 0 fully saturated rings. The minimum absolute atomic E-state index is 0.172. The van der Waals surface area contributed by atoms with Crippen LogP contribution in [0.1, 0.15) is 23.6 Å². The normalized spacial score (nSPS) is 15.4. The van der Waals surface area contributed by atoms with Gasteiger partial charge >= 0.3 is 0 Å². The van der Waals surface area contributed by atoms with Gasteiger partial charge in [-0.2, -0.15) is 0 Å². The number of methoxy groups -OCH3 is 2. The molecule has 3 aromatic carbocycles. The van der Waals surface area contributed by atoms with Crippen LogP contribution in [0.3, 0.4) is 0 Å². The Morgan fingerprint density at radius 3 is 2.51 bits per heavy atom. The molecule has 0 saturated heterocycles. The van der Waals surface area contributed by atoms with E-state index in [1.807, 2.05) is 18.2 Å². The smallest absolute Gasteiger partial charge is 0.263 e. The Labute approximate surface area is 216 Å². The van der Waals surface area contributed by atoms with Gasteiger partial charge < -0.3 is 19.1 Å². The van der Waals surface area contributed by atoms with E-state index in [1.54, 1.807) is 51.2 Å². The lowest BCUT2D eigenvalue weighted by Gasteiger charge is -2.22. The number of nitrogens with one attached hydrogen (secondary N) is 1. The van der Waals surface area contributed by atoms with Gasteiger partial charge in [0.25, 0.3) is 15.9 Å². The molecule has 1 aliphatic rings. The van der Waals surface area contributed by atoms with Crippen LogP contribution >= 0.6 is 0 Å². The first kappa shape index (κ1) is 26.3. The van der Waals surface area contributed by atoms with Gasteiger partial charge in [0.15, 0.2) is 17.6 Å². The van der Waals surface area contributed by atoms with E-state index >= 15 is 0 Å². The van der Waals surface area contributed by atoms with E-state index in [-0.39, 0.29) is 23.0 Å². The summed E-state index contributed by atoms with van der Waals surface area (Å²) in [4.78, 5) is 14.5. The number of anilines is 1. The average molecular weight is 529 g/mol. The van der Waals surface area contributed by atoms with Crippen LogP contribution in [-0.4, -0.2) is 46.1 Å². The number of ether oxygens (including phenoxy) is 3. The number of nitrogens with zero attached hydrogens (tertiary/aromatic N) is 1. The first-order valence-corrected chi connectivity index (χ1v) is 13.2. The lowest BCUT2D eigenvalue weighted by Crippen LogP contribution is -2.39. The van der Waals surface area contributed by atoms with Crippen LogP contribution < -0.4 is 18.9 Å². The number of benzene rings is 3. The predicted octanol–water partition coefficient (Wildman–Crippen LogP) is 4.30. The number of amides is 1. The van der Waals surface area contributed by atoms with E-state index in [0.29, 0.717) is 41.3 Å². The maximum absolute atomic E-state index is 14.0. The molecule has 3 aromatic rings. The number of carbonyl (C=O) groups excluding carboxylic acids is 1. The van der Waals surface area contributed by atoms with Crippen molar-refractivity contribution in [3.8, 4) is 17.2 Å². The standard InChI is InChI=1S/C27H29FN2O6S/c1-17-5-8-22(15-23(17)28)37(32,33)29-21-7-10-24-20(14-21)16-30(27(31)18(2)36-24)12-11-19-6-9-25(34-3)26(13-19)35-4/h5-10,13-15,18,29H,11-12,16H2,1-4H3. The number of halogens is 1. The van der Waals surface area contributed by atoms with Crippen molar-refractivity contribution in [1.29, 1.82) is 0 Å². The quantitative estimate of drug-likeness (QED) is 0.469. The summed E-state index contributed by atoms with van der Waals surface area (Å²) in [6.07, 6.45) is -0.135. The van der Waals surface area contributed by atoms with Crippen LogP contribution in [0, 0.1) is 12.7 Å². The summed E-state index contributed by atoms with van der Waals surface area (Å²) in [5, 5.41) is 0. The van der Waals surface area contributed by atoms with E-state index in [0.717, 1.165) is 11.6 Å². The number of aryl methyl sites for hydroxylation is 1. The maximum atomic E-state index is 14.0. The number of hydrogen-bond acceptors (Lipinski definition) is 6. The van der Waals surface area contributed by atoms with E-state index < -0.39 is 21.9 Å². The molecule has 1 N–H and O–H groups in total. The van der Waals surface area contributed by atoms with Gasteiger partial charge in [0.1, 0.15) is 11.6 Å². The molecule has 8 nitrogen and oxygen atoms in total. The molecule has 1 aliphatic heterocycles. The topological polar surface area (TPSA) is 94.2 Å². The van der Waals surface area contributed by atoms with Crippen LogP contribution in [0.5, 0.6) is 17.2 Å². The molecule has 0 spiro atoms. The first-order valence-electron chi connectivity index (χ1n) is 11.7. The summed E-state index contributed by atoms with van der Waals surface area (Å²) < 4.78 is 58.6. The highest BCUT2D eigenvalue weighted by atomic mass is 32.2. The van der Waals surface area contributed by atoms with Crippen molar-refractivity contribution in [2.75, 3.05) is 25.5 Å². The van der Waals surface area contributed by atoms with Crippen molar-refractivity contribution in [3.63, 3.8) is 0 Å². The zero-order valence-corrected chi connectivity index (χ0v) is 21.9. The lowest BCUT2D eigenvalue weighted by molar-refractivity contribution is -0.137. The number of rotatable bonds is 8. The van der Waals surface area contributed by atoms with Crippen LogP contribution in [0.15, 0.2) is 59.5 Å². The second kappa shape index (κ2) is 10.7. The second-order valence-electron chi connectivity index (χ2n) is 8.80. The fourth-order valence-corrected chi connectivity index (χ4v) is 5.17. The molecule has 4 rings (SSSR count). The third kappa shape index (κ3) is 5.80. The SMILES string of the molecule is COc1ccc(CCN2Cc3cc(NS(=O)(=O)c4ccc(C)c(F)c4)ccc3OC(C)C2=O)cc1OC. The zero-order chi connectivity index (χ0) is 26.7. The van der Waals surface area contributed by atoms with Crippen molar-refractivity contribution in [2.24, 2.45) is 0 Å². The summed E-state index contributed by atoms with van der Waals surface area (Å²) >= 11 is 0. The van der Waals surface area contributed by atoms with Crippen LogP contribution in [0.4, 0.5) is 10.1 Å². The predicted molar refractivity (Wildman–Crippen MR) is 137 cm³/mol. The Balaban J connectivity index is 1.54. The largest absolute Gasteiger partial charge is 0.493 e. The summed E-state index contributed by atoms with van der Waals surface area (Å²) in [5.74, 6) is 0.953. The monoisotopic (exact) mass is 528 g/mol. The highest BCUT2D eigenvalue weighted by Crippen LogP contribution is 2.31. The van der Waals surface area contributed by atoms with E-state index in [2.05, 4.69) is 4.72 Å². The van der Waals surface area contributed by atoms with Gasteiger partial charge in [-0.3, -0.25) is 9.52 Å². The average Bonchev–Trinajstić information content (AvgIpc) is 2.99. The molecule has 10 heteroatoms. The minimum Gasteiger partial charge on any atom is -0.493 e. The van der Waals surface area contributed by atoms with Crippen LogP contribution in [0.2, 0.25) is 0 Å².